The summed E-state index contributed by atoms with van der Waals surface area (Å²) in [4.78, 5) is 4.04. The fourth-order valence-electron chi connectivity index (χ4n) is 1.84. The Morgan fingerprint density at radius 3 is 2.25 bits per heavy atom. The summed E-state index contributed by atoms with van der Waals surface area (Å²) in [6.07, 6.45) is 6.24. The molecule has 0 amide bonds. The predicted molar refractivity (Wildman–Crippen MR) is 69.3 cm³/mol. The third-order valence-corrected chi connectivity index (χ3v) is 2.92. The third kappa shape index (κ3) is 4.75. The monoisotopic (exact) mass is 220 g/mol. The van der Waals surface area contributed by atoms with E-state index in [9.17, 15) is 0 Å². The van der Waals surface area contributed by atoms with E-state index in [1.165, 1.54) is 18.4 Å². The molecule has 90 valence electrons. The van der Waals surface area contributed by atoms with Crippen molar-refractivity contribution < 1.29 is 0 Å². The third-order valence-electron chi connectivity index (χ3n) is 2.92. The molecule has 1 heterocycles. The highest BCUT2D eigenvalue weighted by Gasteiger charge is 2.09. The summed E-state index contributed by atoms with van der Waals surface area (Å²) in [7, 11) is 0. The second-order valence-electron chi connectivity index (χ2n) is 5.04. The van der Waals surface area contributed by atoms with E-state index < -0.39 is 0 Å². The number of rotatable bonds is 6. The highest BCUT2D eigenvalue weighted by atomic mass is 14.9. The molecule has 1 aromatic heterocycles. The van der Waals surface area contributed by atoms with Gasteiger partial charge in [-0.3, -0.25) is 4.98 Å². The molecule has 0 radical (unpaired) electrons. The molecule has 0 spiro atoms. The SMILES string of the molecule is CC(C)CCC(C)N[C@@H](C)c1ccncc1. The quantitative estimate of drug-likeness (QED) is 0.793. The van der Waals surface area contributed by atoms with Crippen LogP contribution < -0.4 is 5.32 Å². The van der Waals surface area contributed by atoms with E-state index in [4.69, 9.17) is 0 Å². The molecule has 0 aliphatic carbocycles. The van der Waals surface area contributed by atoms with Crippen LogP contribution in [0.25, 0.3) is 0 Å². The van der Waals surface area contributed by atoms with E-state index in [2.05, 4.69) is 50.1 Å². The summed E-state index contributed by atoms with van der Waals surface area (Å²) in [5.74, 6) is 0.792. The molecule has 1 aromatic rings. The van der Waals surface area contributed by atoms with Crippen LogP contribution in [0.1, 0.15) is 52.1 Å². The average Bonchev–Trinajstić information content (AvgIpc) is 2.27. The lowest BCUT2D eigenvalue weighted by Crippen LogP contribution is -2.29. The van der Waals surface area contributed by atoms with Gasteiger partial charge >= 0.3 is 0 Å². The van der Waals surface area contributed by atoms with Gasteiger partial charge in [-0.15, -0.1) is 0 Å². The Bertz CT molecular complexity index is 282. The molecular formula is C14H24N2. The van der Waals surface area contributed by atoms with Crippen LogP contribution in [0.15, 0.2) is 24.5 Å². The van der Waals surface area contributed by atoms with E-state index in [1.54, 1.807) is 0 Å². The zero-order chi connectivity index (χ0) is 12.0. The van der Waals surface area contributed by atoms with Crippen molar-refractivity contribution in [2.24, 2.45) is 5.92 Å². The van der Waals surface area contributed by atoms with Gasteiger partial charge in [0.15, 0.2) is 0 Å². The molecule has 1 rings (SSSR count). The van der Waals surface area contributed by atoms with E-state index >= 15 is 0 Å². The molecular weight excluding hydrogens is 196 g/mol. The van der Waals surface area contributed by atoms with Crippen molar-refractivity contribution >= 4 is 0 Å². The second-order valence-corrected chi connectivity index (χ2v) is 5.04. The van der Waals surface area contributed by atoms with Gasteiger partial charge < -0.3 is 5.32 Å². The van der Waals surface area contributed by atoms with Gasteiger partial charge in [-0.1, -0.05) is 13.8 Å². The van der Waals surface area contributed by atoms with Crippen LogP contribution >= 0.6 is 0 Å². The summed E-state index contributed by atoms with van der Waals surface area (Å²) in [5.41, 5.74) is 1.31. The molecule has 0 aliphatic heterocycles. The van der Waals surface area contributed by atoms with Crippen molar-refractivity contribution in [3.8, 4) is 0 Å². The maximum Gasteiger partial charge on any atom is 0.0295 e. The molecule has 2 heteroatoms. The summed E-state index contributed by atoms with van der Waals surface area (Å²) < 4.78 is 0. The van der Waals surface area contributed by atoms with Crippen LogP contribution in [-0.2, 0) is 0 Å². The van der Waals surface area contributed by atoms with Crippen LogP contribution in [0.2, 0.25) is 0 Å². The molecule has 0 aliphatic rings. The predicted octanol–water partition coefficient (Wildman–Crippen LogP) is 3.56. The molecule has 0 bridgehead atoms. The molecule has 0 saturated carbocycles. The maximum atomic E-state index is 4.04. The van der Waals surface area contributed by atoms with Gasteiger partial charge in [0.1, 0.15) is 0 Å². The van der Waals surface area contributed by atoms with Crippen LogP contribution in [0.5, 0.6) is 0 Å². The zero-order valence-corrected chi connectivity index (χ0v) is 10.9. The number of nitrogens with zero attached hydrogens (tertiary/aromatic N) is 1. The lowest BCUT2D eigenvalue weighted by molar-refractivity contribution is 0.417. The van der Waals surface area contributed by atoms with Gasteiger partial charge in [-0.25, -0.2) is 0 Å². The van der Waals surface area contributed by atoms with Crippen molar-refractivity contribution in [3.05, 3.63) is 30.1 Å². The highest BCUT2D eigenvalue weighted by Crippen LogP contribution is 2.13. The van der Waals surface area contributed by atoms with Crippen LogP contribution in [0.4, 0.5) is 0 Å². The van der Waals surface area contributed by atoms with E-state index in [-0.39, 0.29) is 0 Å². The minimum Gasteiger partial charge on any atom is -0.308 e. The molecule has 0 fully saturated rings. The van der Waals surface area contributed by atoms with Crippen LogP contribution in [0.3, 0.4) is 0 Å². The lowest BCUT2D eigenvalue weighted by atomic mass is 10.0. The van der Waals surface area contributed by atoms with Crippen molar-refractivity contribution in [2.75, 3.05) is 0 Å². The first-order chi connectivity index (χ1) is 7.59. The first-order valence-corrected chi connectivity index (χ1v) is 6.25. The summed E-state index contributed by atoms with van der Waals surface area (Å²) in [5, 5.41) is 3.62. The maximum absolute atomic E-state index is 4.04. The first-order valence-electron chi connectivity index (χ1n) is 6.25. The van der Waals surface area contributed by atoms with Crippen LogP contribution in [-0.4, -0.2) is 11.0 Å². The van der Waals surface area contributed by atoms with Gasteiger partial charge in [0.05, 0.1) is 0 Å². The fraction of sp³-hybridized carbons (Fsp3) is 0.643. The summed E-state index contributed by atoms with van der Waals surface area (Å²) in [6.45, 7) is 9.03. The molecule has 0 aromatic carbocycles. The second kappa shape index (κ2) is 6.64. The minimum atomic E-state index is 0.408. The van der Waals surface area contributed by atoms with Gasteiger partial charge in [0.2, 0.25) is 0 Å². The largest absolute Gasteiger partial charge is 0.308 e. The molecule has 16 heavy (non-hydrogen) atoms. The molecule has 0 saturated heterocycles. The Labute approximate surface area is 99.5 Å². The highest BCUT2D eigenvalue weighted by molar-refractivity contribution is 5.14. The molecule has 2 nitrogen and oxygen atoms in total. The number of hydrogen-bond donors (Lipinski definition) is 1. The van der Waals surface area contributed by atoms with E-state index in [0.29, 0.717) is 12.1 Å². The Balaban J connectivity index is 2.36. The Morgan fingerprint density at radius 2 is 1.69 bits per heavy atom. The topological polar surface area (TPSA) is 24.9 Å². The van der Waals surface area contributed by atoms with Crippen molar-refractivity contribution in [2.45, 2.75) is 52.6 Å². The van der Waals surface area contributed by atoms with Gasteiger partial charge in [-0.2, -0.15) is 0 Å². The smallest absolute Gasteiger partial charge is 0.0295 e. The van der Waals surface area contributed by atoms with E-state index in [1.807, 2.05) is 12.4 Å². The molecule has 2 atom stereocenters. The average molecular weight is 220 g/mol. The van der Waals surface area contributed by atoms with Crippen LogP contribution in [0, 0.1) is 5.92 Å². The molecule has 1 N–H and O–H groups in total. The number of aromatic nitrogens is 1. The Hall–Kier alpha value is -0.890. The normalized spacial score (nSPS) is 15.1. The zero-order valence-electron chi connectivity index (χ0n) is 10.9. The summed E-state index contributed by atoms with van der Waals surface area (Å²) in [6, 6.07) is 5.13. The standard InChI is InChI=1S/C14H24N2/c1-11(2)5-6-12(3)16-13(4)14-7-9-15-10-8-14/h7-13,16H,5-6H2,1-4H3/t12?,13-/m0/s1. The van der Waals surface area contributed by atoms with Gasteiger partial charge in [0, 0.05) is 24.5 Å². The van der Waals surface area contributed by atoms with E-state index in [0.717, 1.165) is 5.92 Å². The van der Waals surface area contributed by atoms with Crippen molar-refractivity contribution in [1.82, 2.24) is 10.3 Å². The number of pyridine rings is 1. The van der Waals surface area contributed by atoms with Crippen molar-refractivity contribution in [1.29, 1.82) is 0 Å². The fourth-order valence-corrected chi connectivity index (χ4v) is 1.84. The Morgan fingerprint density at radius 1 is 1.06 bits per heavy atom. The van der Waals surface area contributed by atoms with Crippen molar-refractivity contribution in [3.63, 3.8) is 0 Å². The molecule has 1 unspecified atom stereocenters. The van der Waals surface area contributed by atoms with Gasteiger partial charge in [-0.05, 0) is 50.3 Å². The number of nitrogens with one attached hydrogen (secondary N) is 1. The lowest BCUT2D eigenvalue weighted by Gasteiger charge is -2.20. The summed E-state index contributed by atoms with van der Waals surface area (Å²) >= 11 is 0. The number of hydrogen-bond acceptors (Lipinski definition) is 2. The Kier molecular flexibility index (Phi) is 5.47. The minimum absolute atomic E-state index is 0.408. The van der Waals surface area contributed by atoms with Gasteiger partial charge in [0.25, 0.3) is 0 Å². The first kappa shape index (κ1) is 13.2.